The molecule has 3 nitrogen and oxygen atoms in total. The molecule has 3 rings (SSSR count). The van der Waals surface area contributed by atoms with Gasteiger partial charge >= 0.3 is 0 Å². The Morgan fingerprint density at radius 1 is 1.40 bits per heavy atom. The molecule has 0 saturated heterocycles. The van der Waals surface area contributed by atoms with Crippen LogP contribution in [0.3, 0.4) is 0 Å². The quantitative estimate of drug-likeness (QED) is 0.919. The largest absolute Gasteiger partial charge is 0.312 e. The highest BCUT2D eigenvalue weighted by Crippen LogP contribution is 2.44. The van der Waals surface area contributed by atoms with Crippen LogP contribution in [0.25, 0.3) is 10.7 Å². The molecule has 0 aliphatic heterocycles. The van der Waals surface area contributed by atoms with Crippen LogP contribution in [0.15, 0.2) is 18.3 Å². The molecular weight excluding hydrogens is 273 g/mol. The maximum Gasteiger partial charge on any atom is 0.142 e. The molecule has 20 heavy (non-hydrogen) atoms. The van der Waals surface area contributed by atoms with E-state index in [0.717, 1.165) is 29.2 Å². The third-order valence-electron chi connectivity index (χ3n) is 3.74. The van der Waals surface area contributed by atoms with E-state index in [1.54, 1.807) is 17.4 Å². The SMILES string of the molecule is CNC1CC(C)(C)Cc2nc(-c3ccc(F)cn3)sc21. The Kier molecular flexibility index (Phi) is 3.34. The second-order valence-corrected chi connectivity index (χ2v) is 7.11. The third-order valence-corrected chi connectivity index (χ3v) is 4.98. The number of pyridine rings is 1. The van der Waals surface area contributed by atoms with E-state index in [9.17, 15) is 4.39 Å². The van der Waals surface area contributed by atoms with Gasteiger partial charge in [0.1, 0.15) is 10.8 Å². The van der Waals surface area contributed by atoms with E-state index in [1.165, 1.54) is 17.1 Å². The summed E-state index contributed by atoms with van der Waals surface area (Å²) in [6, 6.07) is 3.47. The van der Waals surface area contributed by atoms with Gasteiger partial charge in [0.25, 0.3) is 0 Å². The molecule has 1 unspecified atom stereocenters. The number of thiazole rings is 1. The maximum atomic E-state index is 13.0. The molecule has 1 atom stereocenters. The van der Waals surface area contributed by atoms with Crippen molar-refractivity contribution in [3.8, 4) is 10.7 Å². The Balaban J connectivity index is 2.01. The van der Waals surface area contributed by atoms with Gasteiger partial charge in [0, 0.05) is 10.9 Å². The fourth-order valence-corrected chi connectivity index (χ4v) is 3.95. The Labute approximate surface area is 122 Å². The first-order valence-electron chi connectivity index (χ1n) is 6.77. The number of halogens is 1. The first-order valence-corrected chi connectivity index (χ1v) is 7.59. The van der Waals surface area contributed by atoms with Crippen molar-refractivity contribution in [3.63, 3.8) is 0 Å². The van der Waals surface area contributed by atoms with Crippen molar-refractivity contribution in [2.45, 2.75) is 32.7 Å². The third kappa shape index (κ3) is 2.47. The summed E-state index contributed by atoms with van der Waals surface area (Å²) in [7, 11) is 1.99. The van der Waals surface area contributed by atoms with Gasteiger partial charge in [0.15, 0.2) is 0 Å². The van der Waals surface area contributed by atoms with Crippen LogP contribution in [0.1, 0.15) is 36.9 Å². The predicted molar refractivity (Wildman–Crippen MR) is 79.2 cm³/mol. The zero-order valence-electron chi connectivity index (χ0n) is 11.9. The van der Waals surface area contributed by atoms with Crippen molar-refractivity contribution < 1.29 is 4.39 Å². The first kappa shape index (κ1) is 13.6. The number of rotatable bonds is 2. The Morgan fingerprint density at radius 3 is 2.85 bits per heavy atom. The topological polar surface area (TPSA) is 37.8 Å². The highest BCUT2D eigenvalue weighted by Gasteiger charge is 2.34. The summed E-state index contributed by atoms with van der Waals surface area (Å²) in [6.45, 7) is 4.55. The summed E-state index contributed by atoms with van der Waals surface area (Å²) in [5.41, 5.74) is 2.16. The van der Waals surface area contributed by atoms with Crippen LogP contribution in [0.5, 0.6) is 0 Å². The van der Waals surface area contributed by atoms with Gasteiger partial charge in [-0.2, -0.15) is 0 Å². The number of hydrogen-bond acceptors (Lipinski definition) is 4. The van der Waals surface area contributed by atoms with Gasteiger partial charge in [-0.25, -0.2) is 9.37 Å². The van der Waals surface area contributed by atoms with Gasteiger partial charge in [0.05, 0.1) is 17.6 Å². The molecule has 2 heterocycles. The van der Waals surface area contributed by atoms with Gasteiger partial charge in [-0.15, -0.1) is 11.3 Å². The molecule has 0 saturated carbocycles. The molecule has 0 radical (unpaired) electrons. The molecule has 2 aromatic rings. The van der Waals surface area contributed by atoms with Gasteiger partial charge in [-0.1, -0.05) is 13.8 Å². The number of fused-ring (bicyclic) bond motifs is 1. The fraction of sp³-hybridized carbons (Fsp3) is 0.467. The van der Waals surface area contributed by atoms with Crippen LogP contribution in [-0.4, -0.2) is 17.0 Å². The van der Waals surface area contributed by atoms with Gasteiger partial charge < -0.3 is 5.32 Å². The minimum absolute atomic E-state index is 0.252. The molecule has 2 aromatic heterocycles. The molecule has 1 aliphatic rings. The Hall–Kier alpha value is -1.33. The molecule has 1 aliphatic carbocycles. The molecular formula is C15H18FN3S. The van der Waals surface area contributed by atoms with Crippen molar-refractivity contribution >= 4 is 11.3 Å². The van der Waals surface area contributed by atoms with E-state index in [1.807, 2.05) is 7.05 Å². The van der Waals surface area contributed by atoms with E-state index in [-0.39, 0.29) is 11.2 Å². The van der Waals surface area contributed by atoms with Crippen LogP contribution >= 0.6 is 11.3 Å². The lowest BCUT2D eigenvalue weighted by Crippen LogP contribution is -2.30. The van der Waals surface area contributed by atoms with Crippen molar-refractivity contribution in [1.82, 2.24) is 15.3 Å². The molecule has 0 fully saturated rings. The monoisotopic (exact) mass is 291 g/mol. The van der Waals surface area contributed by atoms with Crippen LogP contribution in [0.4, 0.5) is 4.39 Å². The highest BCUT2D eigenvalue weighted by molar-refractivity contribution is 7.15. The standard InChI is InChI=1S/C15H18FN3S/c1-15(2)6-11(17-3)13-12(7-15)19-14(20-13)10-5-4-9(16)8-18-10/h4-5,8,11,17H,6-7H2,1-3H3. The molecule has 1 N–H and O–H groups in total. The number of nitrogens with zero attached hydrogens (tertiary/aromatic N) is 2. The summed E-state index contributed by atoms with van der Waals surface area (Å²) in [6.07, 6.45) is 3.34. The lowest BCUT2D eigenvalue weighted by atomic mass is 9.76. The summed E-state index contributed by atoms with van der Waals surface area (Å²) >= 11 is 1.67. The molecule has 0 spiro atoms. The van der Waals surface area contributed by atoms with Gasteiger partial charge in [0.2, 0.25) is 0 Å². The van der Waals surface area contributed by atoms with Crippen LogP contribution < -0.4 is 5.32 Å². The lowest BCUT2D eigenvalue weighted by molar-refractivity contribution is 0.265. The van der Waals surface area contributed by atoms with E-state index in [0.29, 0.717) is 6.04 Å². The second kappa shape index (κ2) is 4.90. The van der Waals surface area contributed by atoms with E-state index < -0.39 is 0 Å². The molecule has 5 heteroatoms. The smallest absolute Gasteiger partial charge is 0.142 e. The number of nitrogens with one attached hydrogen (secondary N) is 1. The second-order valence-electron chi connectivity index (χ2n) is 6.08. The van der Waals surface area contributed by atoms with Crippen molar-refractivity contribution in [2.75, 3.05) is 7.05 Å². The predicted octanol–water partition coefficient (Wildman–Crippen LogP) is 3.58. The number of aromatic nitrogens is 2. The van der Waals surface area contributed by atoms with Crippen LogP contribution in [0, 0.1) is 11.2 Å². The molecule has 106 valence electrons. The van der Waals surface area contributed by atoms with E-state index in [2.05, 4.69) is 24.1 Å². The average Bonchev–Trinajstić information content (AvgIpc) is 2.80. The average molecular weight is 291 g/mol. The Bertz CT molecular complexity index is 619. The lowest BCUT2D eigenvalue weighted by Gasteiger charge is -2.34. The van der Waals surface area contributed by atoms with E-state index >= 15 is 0 Å². The van der Waals surface area contributed by atoms with Gasteiger partial charge in [-0.3, -0.25) is 4.98 Å². The first-order chi connectivity index (χ1) is 9.48. The summed E-state index contributed by atoms with van der Waals surface area (Å²) < 4.78 is 13.0. The molecule has 0 bridgehead atoms. The van der Waals surface area contributed by atoms with E-state index in [4.69, 9.17) is 4.98 Å². The minimum Gasteiger partial charge on any atom is -0.312 e. The molecule has 0 aromatic carbocycles. The van der Waals surface area contributed by atoms with Crippen molar-refractivity contribution in [1.29, 1.82) is 0 Å². The van der Waals surface area contributed by atoms with Crippen LogP contribution in [-0.2, 0) is 6.42 Å². The van der Waals surface area contributed by atoms with Crippen molar-refractivity contribution in [2.24, 2.45) is 5.41 Å². The zero-order valence-corrected chi connectivity index (χ0v) is 12.7. The zero-order chi connectivity index (χ0) is 14.3. The van der Waals surface area contributed by atoms with Crippen molar-refractivity contribution in [3.05, 3.63) is 34.7 Å². The summed E-state index contributed by atoms with van der Waals surface area (Å²) in [5.74, 6) is -0.315. The maximum absolute atomic E-state index is 13.0. The van der Waals surface area contributed by atoms with Gasteiger partial charge in [-0.05, 0) is 37.4 Å². The minimum atomic E-state index is -0.315. The Morgan fingerprint density at radius 2 is 2.20 bits per heavy atom. The summed E-state index contributed by atoms with van der Waals surface area (Å²) in [5, 5.41) is 4.26. The van der Waals surface area contributed by atoms with Crippen LogP contribution in [0.2, 0.25) is 0 Å². The summed E-state index contributed by atoms with van der Waals surface area (Å²) in [4.78, 5) is 10.2. The highest BCUT2D eigenvalue weighted by atomic mass is 32.1. The fourth-order valence-electron chi connectivity index (χ4n) is 2.78. The normalized spacial score (nSPS) is 20.7. The molecule has 0 amide bonds. The number of hydrogen-bond donors (Lipinski definition) is 1.